The Morgan fingerprint density at radius 1 is 1.21 bits per heavy atom. The summed E-state index contributed by atoms with van der Waals surface area (Å²) in [6.07, 6.45) is 5.60. The number of benzene rings is 2. The van der Waals surface area contributed by atoms with Crippen molar-refractivity contribution in [1.29, 1.82) is 0 Å². The van der Waals surface area contributed by atoms with Gasteiger partial charge < -0.3 is 9.88 Å². The van der Waals surface area contributed by atoms with Crippen LogP contribution in [0.25, 0.3) is 6.08 Å². The van der Waals surface area contributed by atoms with Gasteiger partial charge in [-0.15, -0.1) is 16.8 Å². The van der Waals surface area contributed by atoms with E-state index in [1.54, 1.807) is 6.08 Å². The first kappa shape index (κ1) is 25.7. The number of nitrogens with one attached hydrogen (secondary N) is 2. The zero-order valence-corrected chi connectivity index (χ0v) is 22.1. The maximum absolute atomic E-state index is 12.6. The molecule has 3 aromatic rings. The van der Waals surface area contributed by atoms with Crippen molar-refractivity contribution in [3.8, 4) is 0 Å². The van der Waals surface area contributed by atoms with Crippen molar-refractivity contribution < 1.29 is 4.79 Å². The fraction of sp³-hybridized carbons (Fsp3) is 0.200. The molecule has 0 aliphatic carbocycles. The monoisotopic (exact) mass is 586 g/mol. The molecule has 0 bridgehead atoms. The lowest BCUT2D eigenvalue weighted by Crippen LogP contribution is -2.27. The molecule has 1 amide bonds. The molecule has 0 saturated carbocycles. The number of anilines is 1. The summed E-state index contributed by atoms with van der Waals surface area (Å²) in [7, 11) is 0. The number of allylic oxidation sites excluding steroid dienone is 2. The molecule has 0 aliphatic heterocycles. The molecular weight excluding hydrogens is 559 g/mol. The van der Waals surface area contributed by atoms with Crippen LogP contribution in [0.2, 0.25) is 0 Å². The number of aromatic nitrogens is 3. The molecule has 0 radical (unpaired) electrons. The van der Waals surface area contributed by atoms with E-state index in [1.807, 2.05) is 85.2 Å². The normalized spacial score (nSPS) is 12.5. The van der Waals surface area contributed by atoms with Crippen LogP contribution in [0.3, 0.4) is 0 Å². The smallest absolute Gasteiger partial charge is 0.253 e. The maximum atomic E-state index is 12.6. The molecule has 0 aliphatic rings. The number of halogens is 1. The summed E-state index contributed by atoms with van der Waals surface area (Å²) in [5.41, 5.74) is 5.41. The van der Waals surface area contributed by atoms with Gasteiger partial charge in [-0.05, 0) is 72.3 Å². The third-order valence-electron chi connectivity index (χ3n) is 4.71. The first-order chi connectivity index (χ1) is 16.5. The van der Waals surface area contributed by atoms with E-state index < -0.39 is 5.25 Å². The van der Waals surface area contributed by atoms with Crippen molar-refractivity contribution in [2.75, 3.05) is 5.32 Å². The Labute approximate surface area is 218 Å². The van der Waals surface area contributed by atoms with E-state index in [2.05, 4.69) is 55.2 Å². The van der Waals surface area contributed by atoms with Crippen LogP contribution in [0.4, 0.5) is 5.69 Å². The van der Waals surface area contributed by atoms with E-state index >= 15 is 0 Å². The fourth-order valence-corrected chi connectivity index (χ4v) is 4.09. The predicted molar refractivity (Wildman–Crippen MR) is 149 cm³/mol. The minimum Gasteiger partial charge on any atom is -0.378 e. The Bertz CT molecular complexity index is 1160. The molecule has 3 rings (SSSR count). The van der Waals surface area contributed by atoms with Crippen LogP contribution in [0.5, 0.6) is 0 Å². The molecule has 0 spiro atoms. The molecule has 0 unspecified atom stereocenters. The molecule has 2 aromatic carbocycles. The number of hydrogen-bond acceptors (Lipinski definition) is 6. The number of carbonyl (C=O) groups is 1. The summed E-state index contributed by atoms with van der Waals surface area (Å²) in [6, 6.07) is 18.1. The quantitative estimate of drug-likeness (QED) is 0.104. The number of carbonyl (C=O) groups excluding carboxylic acids is 1. The van der Waals surface area contributed by atoms with Crippen LogP contribution in [0, 0.1) is 3.57 Å². The standard InChI is InChI=1S/C25H27IN6OS/c1-4-16-32-23(17-27-22-14-12-21(26)13-15-22)29-31-25(32)34-19(3)24(33)30-28-18(2)10-11-20-8-6-5-7-9-20/h4-15,19,27H,1,16-17H2,2-3H3,(H,30,33)/b11-10+,28-18?/t19-/m1/s1. The third kappa shape index (κ3) is 7.84. The molecule has 0 saturated heterocycles. The largest absolute Gasteiger partial charge is 0.378 e. The number of hydrazone groups is 1. The van der Waals surface area contributed by atoms with Crippen molar-refractivity contribution in [3.63, 3.8) is 0 Å². The molecule has 1 heterocycles. The zero-order valence-electron chi connectivity index (χ0n) is 19.1. The van der Waals surface area contributed by atoms with Crippen LogP contribution in [-0.4, -0.2) is 31.6 Å². The molecule has 1 aromatic heterocycles. The Hall–Kier alpha value is -2.92. The van der Waals surface area contributed by atoms with Gasteiger partial charge in [0.05, 0.1) is 17.5 Å². The van der Waals surface area contributed by atoms with Gasteiger partial charge >= 0.3 is 0 Å². The summed E-state index contributed by atoms with van der Waals surface area (Å²) in [5.74, 6) is 0.567. The topological polar surface area (TPSA) is 84.2 Å². The van der Waals surface area contributed by atoms with Gasteiger partial charge in [-0.3, -0.25) is 4.79 Å². The van der Waals surface area contributed by atoms with Gasteiger partial charge in [-0.25, -0.2) is 5.43 Å². The lowest BCUT2D eigenvalue weighted by molar-refractivity contribution is -0.120. The van der Waals surface area contributed by atoms with Crippen LogP contribution >= 0.6 is 34.4 Å². The van der Waals surface area contributed by atoms with Gasteiger partial charge in [0.1, 0.15) is 0 Å². The lowest BCUT2D eigenvalue weighted by Gasteiger charge is -2.12. The summed E-state index contributed by atoms with van der Waals surface area (Å²) < 4.78 is 3.13. The average molecular weight is 587 g/mol. The van der Waals surface area contributed by atoms with Gasteiger partial charge in [0.2, 0.25) is 0 Å². The first-order valence-corrected chi connectivity index (χ1v) is 12.7. The Morgan fingerprint density at radius 3 is 2.65 bits per heavy atom. The van der Waals surface area contributed by atoms with E-state index in [0.717, 1.165) is 17.1 Å². The van der Waals surface area contributed by atoms with Gasteiger partial charge in [0, 0.05) is 15.8 Å². The Morgan fingerprint density at radius 2 is 1.94 bits per heavy atom. The molecular formula is C25H27IN6OS. The molecule has 34 heavy (non-hydrogen) atoms. The molecule has 7 nitrogen and oxygen atoms in total. The molecule has 0 fully saturated rings. The summed E-state index contributed by atoms with van der Waals surface area (Å²) in [5, 5.41) is 16.4. The Kier molecular flexibility index (Phi) is 9.89. The first-order valence-electron chi connectivity index (χ1n) is 10.7. The second-order valence-corrected chi connectivity index (χ2v) is 9.95. The highest BCUT2D eigenvalue weighted by atomic mass is 127. The highest BCUT2D eigenvalue weighted by Crippen LogP contribution is 2.23. The minimum absolute atomic E-state index is 0.204. The molecule has 9 heteroatoms. The predicted octanol–water partition coefficient (Wildman–Crippen LogP) is 5.37. The number of nitrogens with zero attached hydrogens (tertiary/aromatic N) is 4. The van der Waals surface area contributed by atoms with Crippen molar-refractivity contribution in [3.05, 3.63) is 88.3 Å². The second-order valence-electron chi connectivity index (χ2n) is 7.39. The van der Waals surface area contributed by atoms with E-state index in [1.165, 1.54) is 15.3 Å². The van der Waals surface area contributed by atoms with Gasteiger partial charge in [-0.2, -0.15) is 5.10 Å². The summed E-state index contributed by atoms with van der Waals surface area (Å²) in [4.78, 5) is 12.6. The van der Waals surface area contributed by atoms with Gasteiger partial charge in [0.25, 0.3) is 5.91 Å². The Balaban J connectivity index is 1.58. The van der Waals surface area contributed by atoms with Gasteiger partial charge in [0.15, 0.2) is 11.0 Å². The minimum atomic E-state index is -0.403. The van der Waals surface area contributed by atoms with Gasteiger partial charge in [-0.1, -0.05) is 54.2 Å². The van der Waals surface area contributed by atoms with Crippen LogP contribution < -0.4 is 10.7 Å². The van der Waals surface area contributed by atoms with Crippen molar-refractivity contribution in [1.82, 2.24) is 20.2 Å². The summed E-state index contributed by atoms with van der Waals surface area (Å²) in [6.45, 7) is 8.56. The van der Waals surface area contributed by atoms with E-state index in [4.69, 9.17) is 0 Å². The maximum Gasteiger partial charge on any atom is 0.253 e. The van der Waals surface area contributed by atoms with Crippen LogP contribution in [-0.2, 0) is 17.9 Å². The highest BCUT2D eigenvalue weighted by Gasteiger charge is 2.19. The third-order valence-corrected chi connectivity index (χ3v) is 6.51. The highest BCUT2D eigenvalue weighted by molar-refractivity contribution is 14.1. The molecule has 176 valence electrons. The van der Waals surface area contributed by atoms with Crippen molar-refractivity contribution in [2.45, 2.75) is 37.3 Å². The number of thioether (sulfide) groups is 1. The molecule has 2 N–H and O–H groups in total. The number of amides is 1. The van der Waals surface area contributed by atoms with Crippen LogP contribution in [0.15, 0.2) is 83.6 Å². The second kappa shape index (κ2) is 13.1. The van der Waals surface area contributed by atoms with E-state index in [9.17, 15) is 4.79 Å². The van der Waals surface area contributed by atoms with Crippen molar-refractivity contribution >= 4 is 57.7 Å². The lowest BCUT2D eigenvalue weighted by atomic mass is 10.2. The average Bonchev–Trinajstić information content (AvgIpc) is 3.22. The summed E-state index contributed by atoms with van der Waals surface area (Å²) >= 11 is 3.61. The van der Waals surface area contributed by atoms with E-state index in [-0.39, 0.29) is 5.91 Å². The van der Waals surface area contributed by atoms with E-state index in [0.29, 0.717) is 24.0 Å². The number of hydrogen-bond donors (Lipinski definition) is 2. The fourth-order valence-electron chi connectivity index (χ4n) is 2.86. The molecule has 1 atom stereocenters. The zero-order chi connectivity index (χ0) is 24.3. The number of rotatable bonds is 11. The SMILES string of the molecule is C=CCn1c(CNc2ccc(I)cc2)nnc1S[C@H](C)C(=O)NN=C(C)/C=C/c1ccccc1. The van der Waals surface area contributed by atoms with Crippen LogP contribution in [0.1, 0.15) is 25.2 Å². The van der Waals surface area contributed by atoms with Crippen molar-refractivity contribution in [2.24, 2.45) is 5.10 Å².